The third-order valence-corrected chi connectivity index (χ3v) is 3.80. The Balaban J connectivity index is 1.96. The second-order valence-corrected chi connectivity index (χ2v) is 5.51. The van der Waals surface area contributed by atoms with Crippen LogP contribution in [0.3, 0.4) is 0 Å². The molecule has 0 unspecified atom stereocenters. The summed E-state index contributed by atoms with van der Waals surface area (Å²) in [5.41, 5.74) is 2.98. The molecule has 3 rings (SSSR count). The van der Waals surface area contributed by atoms with Gasteiger partial charge < -0.3 is 14.5 Å². The van der Waals surface area contributed by atoms with Crippen molar-refractivity contribution in [1.82, 2.24) is 9.97 Å². The highest BCUT2D eigenvalue weighted by Crippen LogP contribution is 2.29. The van der Waals surface area contributed by atoms with Crippen LogP contribution in [0.5, 0.6) is 5.75 Å². The van der Waals surface area contributed by atoms with Gasteiger partial charge in [-0.15, -0.1) is 0 Å². The van der Waals surface area contributed by atoms with E-state index in [0.29, 0.717) is 12.2 Å². The molecule has 0 atom stereocenters. The molecule has 1 N–H and O–H groups in total. The number of rotatable bonds is 6. The molecule has 0 aliphatic carbocycles. The van der Waals surface area contributed by atoms with Crippen LogP contribution in [-0.2, 0) is 4.74 Å². The molecular weight excluding hydrogens is 304 g/mol. The predicted molar refractivity (Wildman–Crippen MR) is 93.3 cm³/mol. The number of imidazole rings is 1. The van der Waals surface area contributed by atoms with Gasteiger partial charge in [0.1, 0.15) is 11.6 Å². The standard InChI is InChI=1S/C19H20N2O3/c1-3-4-11-24-17-8-6-5-7-14(17)18-20-15-10-9-13(19(22)23-2)12-16(15)21-18/h5-10,12H,3-4,11H2,1-2H3,(H,20,21). The molecule has 0 saturated heterocycles. The number of unbranched alkanes of at least 4 members (excludes halogenated alkanes) is 1. The summed E-state index contributed by atoms with van der Waals surface area (Å²) >= 11 is 0. The number of nitrogens with one attached hydrogen (secondary N) is 1. The summed E-state index contributed by atoms with van der Waals surface area (Å²) in [6.07, 6.45) is 2.10. The van der Waals surface area contributed by atoms with Gasteiger partial charge in [-0.1, -0.05) is 25.5 Å². The molecule has 3 aromatic rings. The smallest absolute Gasteiger partial charge is 0.337 e. The fraction of sp³-hybridized carbons (Fsp3) is 0.263. The first-order valence-electron chi connectivity index (χ1n) is 8.03. The Labute approximate surface area is 140 Å². The summed E-state index contributed by atoms with van der Waals surface area (Å²) in [5, 5.41) is 0. The largest absolute Gasteiger partial charge is 0.493 e. The summed E-state index contributed by atoms with van der Waals surface area (Å²) in [6.45, 7) is 2.81. The van der Waals surface area contributed by atoms with Gasteiger partial charge in [0.05, 0.1) is 35.9 Å². The molecule has 0 aliphatic rings. The van der Waals surface area contributed by atoms with Gasteiger partial charge in [-0.05, 0) is 36.8 Å². The molecule has 0 aliphatic heterocycles. The van der Waals surface area contributed by atoms with Crippen molar-refractivity contribution >= 4 is 17.0 Å². The zero-order chi connectivity index (χ0) is 16.9. The zero-order valence-electron chi connectivity index (χ0n) is 13.8. The van der Waals surface area contributed by atoms with Gasteiger partial charge in [0.25, 0.3) is 0 Å². The lowest BCUT2D eigenvalue weighted by atomic mass is 10.2. The SMILES string of the molecule is CCCCOc1ccccc1-c1nc2ccc(C(=O)OC)cc2[nH]1. The van der Waals surface area contributed by atoms with Crippen molar-refractivity contribution in [1.29, 1.82) is 0 Å². The van der Waals surface area contributed by atoms with E-state index in [4.69, 9.17) is 9.47 Å². The summed E-state index contributed by atoms with van der Waals surface area (Å²) in [5.74, 6) is 1.16. The molecule has 0 bridgehead atoms. The maximum absolute atomic E-state index is 11.7. The van der Waals surface area contributed by atoms with Gasteiger partial charge in [0.15, 0.2) is 0 Å². The molecule has 0 fully saturated rings. The molecule has 124 valence electrons. The first-order chi connectivity index (χ1) is 11.7. The summed E-state index contributed by atoms with van der Waals surface area (Å²) in [7, 11) is 1.37. The van der Waals surface area contributed by atoms with E-state index in [2.05, 4.69) is 16.9 Å². The van der Waals surface area contributed by atoms with E-state index in [1.165, 1.54) is 7.11 Å². The highest BCUT2D eigenvalue weighted by atomic mass is 16.5. The Morgan fingerprint density at radius 2 is 2.04 bits per heavy atom. The summed E-state index contributed by atoms with van der Waals surface area (Å²) in [4.78, 5) is 19.5. The lowest BCUT2D eigenvalue weighted by Crippen LogP contribution is -2.00. The van der Waals surface area contributed by atoms with Crippen molar-refractivity contribution in [2.24, 2.45) is 0 Å². The number of nitrogens with zero attached hydrogens (tertiary/aromatic N) is 1. The molecule has 24 heavy (non-hydrogen) atoms. The normalized spacial score (nSPS) is 10.8. The third-order valence-electron chi connectivity index (χ3n) is 3.80. The highest BCUT2D eigenvalue weighted by molar-refractivity contribution is 5.94. The summed E-state index contributed by atoms with van der Waals surface area (Å²) < 4.78 is 10.6. The number of methoxy groups -OCH3 is 1. The Morgan fingerprint density at radius 3 is 2.83 bits per heavy atom. The van der Waals surface area contributed by atoms with E-state index in [-0.39, 0.29) is 5.97 Å². The minimum atomic E-state index is -0.364. The van der Waals surface area contributed by atoms with Gasteiger partial charge >= 0.3 is 5.97 Å². The number of H-pyrrole nitrogens is 1. The molecule has 0 spiro atoms. The van der Waals surface area contributed by atoms with Gasteiger partial charge in [0, 0.05) is 0 Å². The van der Waals surface area contributed by atoms with Crippen LogP contribution in [0, 0.1) is 0 Å². The second-order valence-electron chi connectivity index (χ2n) is 5.51. The molecule has 0 radical (unpaired) electrons. The number of fused-ring (bicyclic) bond motifs is 1. The number of para-hydroxylation sites is 1. The third kappa shape index (κ3) is 3.25. The fourth-order valence-electron chi connectivity index (χ4n) is 2.50. The Morgan fingerprint density at radius 1 is 1.21 bits per heavy atom. The van der Waals surface area contributed by atoms with E-state index in [1.54, 1.807) is 12.1 Å². The molecule has 1 heterocycles. The molecule has 0 amide bonds. The van der Waals surface area contributed by atoms with Gasteiger partial charge in [-0.25, -0.2) is 9.78 Å². The number of aromatic amines is 1. The zero-order valence-corrected chi connectivity index (χ0v) is 13.8. The Hall–Kier alpha value is -2.82. The number of carbonyl (C=O) groups excluding carboxylic acids is 1. The van der Waals surface area contributed by atoms with Crippen LogP contribution in [0.2, 0.25) is 0 Å². The van der Waals surface area contributed by atoms with Crippen LogP contribution in [0.1, 0.15) is 30.1 Å². The number of hydrogen-bond donors (Lipinski definition) is 1. The number of ether oxygens (including phenoxy) is 2. The van der Waals surface area contributed by atoms with Crippen molar-refractivity contribution in [3.05, 3.63) is 48.0 Å². The minimum Gasteiger partial charge on any atom is -0.493 e. The number of aromatic nitrogens is 2. The molecule has 0 saturated carbocycles. The van der Waals surface area contributed by atoms with E-state index in [9.17, 15) is 4.79 Å². The first kappa shape index (κ1) is 16.1. The van der Waals surface area contributed by atoms with E-state index in [1.807, 2.05) is 30.3 Å². The van der Waals surface area contributed by atoms with Crippen LogP contribution >= 0.6 is 0 Å². The first-order valence-corrected chi connectivity index (χ1v) is 8.03. The molecule has 1 aromatic heterocycles. The van der Waals surface area contributed by atoms with Gasteiger partial charge in [-0.3, -0.25) is 0 Å². The van der Waals surface area contributed by atoms with Crippen LogP contribution in [0.25, 0.3) is 22.4 Å². The molecular formula is C19H20N2O3. The predicted octanol–water partition coefficient (Wildman–Crippen LogP) is 4.20. The van der Waals surface area contributed by atoms with E-state index in [0.717, 1.165) is 41.0 Å². The average Bonchev–Trinajstić information content (AvgIpc) is 3.04. The number of hydrogen-bond acceptors (Lipinski definition) is 4. The number of benzene rings is 2. The Kier molecular flexibility index (Phi) is 4.79. The Bertz CT molecular complexity index is 855. The number of carbonyl (C=O) groups is 1. The second kappa shape index (κ2) is 7.17. The van der Waals surface area contributed by atoms with Crippen molar-refractivity contribution in [3.63, 3.8) is 0 Å². The van der Waals surface area contributed by atoms with Crippen LogP contribution in [0.4, 0.5) is 0 Å². The number of esters is 1. The monoisotopic (exact) mass is 324 g/mol. The fourth-order valence-corrected chi connectivity index (χ4v) is 2.50. The van der Waals surface area contributed by atoms with Gasteiger partial charge in [0.2, 0.25) is 0 Å². The minimum absolute atomic E-state index is 0.364. The quantitative estimate of drug-likeness (QED) is 0.545. The summed E-state index contributed by atoms with van der Waals surface area (Å²) in [6, 6.07) is 13.1. The van der Waals surface area contributed by atoms with E-state index < -0.39 is 0 Å². The topological polar surface area (TPSA) is 64.2 Å². The highest BCUT2D eigenvalue weighted by Gasteiger charge is 2.12. The maximum Gasteiger partial charge on any atom is 0.337 e. The van der Waals surface area contributed by atoms with Crippen LogP contribution in [-0.4, -0.2) is 29.7 Å². The van der Waals surface area contributed by atoms with Crippen molar-refractivity contribution in [3.8, 4) is 17.1 Å². The molecule has 2 aromatic carbocycles. The lowest BCUT2D eigenvalue weighted by molar-refractivity contribution is 0.0601. The molecule has 5 heteroatoms. The van der Waals surface area contributed by atoms with Crippen molar-refractivity contribution in [2.75, 3.05) is 13.7 Å². The van der Waals surface area contributed by atoms with Crippen molar-refractivity contribution in [2.45, 2.75) is 19.8 Å². The molecule has 5 nitrogen and oxygen atoms in total. The average molecular weight is 324 g/mol. The van der Waals surface area contributed by atoms with Gasteiger partial charge in [-0.2, -0.15) is 0 Å². The van der Waals surface area contributed by atoms with Crippen molar-refractivity contribution < 1.29 is 14.3 Å². The van der Waals surface area contributed by atoms with E-state index >= 15 is 0 Å². The lowest BCUT2D eigenvalue weighted by Gasteiger charge is -2.09. The maximum atomic E-state index is 11.7. The van der Waals surface area contributed by atoms with Crippen LogP contribution < -0.4 is 4.74 Å². The van der Waals surface area contributed by atoms with Crippen LogP contribution in [0.15, 0.2) is 42.5 Å².